The summed E-state index contributed by atoms with van der Waals surface area (Å²) in [6.45, 7) is 1.49. The first-order valence-electron chi connectivity index (χ1n) is 8.51. The van der Waals surface area contributed by atoms with Crippen molar-refractivity contribution in [3.63, 3.8) is 0 Å². The number of amides is 1. The lowest BCUT2D eigenvalue weighted by atomic mass is 10.1. The van der Waals surface area contributed by atoms with Crippen molar-refractivity contribution in [3.8, 4) is 0 Å². The van der Waals surface area contributed by atoms with Crippen molar-refractivity contribution in [2.75, 3.05) is 18.1 Å². The number of sulfonamides is 1. The number of carbonyl (C=O) groups excluding carboxylic acids is 1. The average Bonchev–Trinajstić information content (AvgIpc) is 2.66. The van der Waals surface area contributed by atoms with Gasteiger partial charge in [-0.05, 0) is 24.6 Å². The van der Waals surface area contributed by atoms with Crippen molar-refractivity contribution < 1.29 is 13.2 Å². The number of anilines is 1. The molecule has 0 radical (unpaired) electrons. The maximum atomic E-state index is 12.6. The highest BCUT2D eigenvalue weighted by Crippen LogP contribution is 2.24. The first kappa shape index (κ1) is 19.0. The third-order valence-corrected chi connectivity index (χ3v) is 5.64. The van der Waals surface area contributed by atoms with E-state index in [4.69, 9.17) is 0 Å². The summed E-state index contributed by atoms with van der Waals surface area (Å²) in [5.74, 6) is -0.415. The number of nitrogens with zero attached hydrogens (tertiary/aromatic N) is 2. The monoisotopic (exact) mass is 383 g/mol. The number of hydrogen-bond acceptors (Lipinski definition) is 4. The zero-order valence-electron chi connectivity index (χ0n) is 15.2. The molecule has 1 aromatic heterocycles. The van der Waals surface area contributed by atoms with Crippen LogP contribution in [0.1, 0.15) is 18.5 Å². The Hall–Kier alpha value is -2.77. The Labute approximate surface area is 158 Å². The predicted octanol–water partition coefficient (Wildman–Crippen LogP) is 3.20. The Balaban J connectivity index is 1.83. The molecule has 3 rings (SSSR count). The normalized spacial score (nSPS) is 12.9. The van der Waals surface area contributed by atoms with E-state index in [1.165, 1.54) is 4.31 Å². The van der Waals surface area contributed by atoms with Crippen molar-refractivity contribution >= 4 is 32.5 Å². The molecule has 0 aliphatic heterocycles. The quantitative estimate of drug-likeness (QED) is 0.709. The number of benzene rings is 2. The van der Waals surface area contributed by atoms with Crippen molar-refractivity contribution in [1.82, 2.24) is 9.29 Å². The van der Waals surface area contributed by atoms with E-state index in [1.807, 2.05) is 54.6 Å². The van der Waals surface area contributed by atoms with E-state index in [0.717, 1.165) is 17.2 Å². The van der Waals surface area contributed by atoms with Crippen LogP contribution in [0.2, 0.25) is 0 Å². The summed E-state index contributed by atoms with van der Waals surface area (Å²) < 4.78 is 25.8. The van der Waals surface area contributed by atoms with Crippen LogP contribution in [0.4, 0.5) is 5.69 Å². The molecule has 0 aliphatic rings. The molecular formula is C20H21N3O3S. The fraction of sp³-hybridized carbons (Fsp3) is 0.200. The molecule has 3 aromatic rings. The van der Waals surface area contributed by atoms with Crippen molar-refractivity contribution in [2.24, 2.45) is 0 Å². The molecule has 1 amide bonds. The molecule has 6 nitrogen and oxygen atoms in total. The topological polar surface area (TPSA) is 79.4 Å². The highest BCUT2D eigenvalue weighted by Gasteiger charge is 2.27. The van der Waals surface area contributed by atoms with Gasteiger partial charge in [0.2, 0.25) is 15.9 Å². The minimum atomic E-state index is -3.59. The summed E-state index contributed by atoms with van der Waals surface area (Å²) in [6.07, 6.45) is 2.76. The summed E-state index contributed by atoms with van der Waals surface area (Å²) in [7, 11) is -3.59. The second-order valence-corrected chi connectivity index (χ2v) is 8.26. The lowest BCUT2D eigenvalue weighted by molar-refractivity contribution is -0.116. The zero-order valence-corrected chi connectivity index (χ0v) is 16.0. The molecule has 2 aromatic carbocycles. The Morgan fingerprint density at radius 1 is 1.07 bits per heavy atom. The van der Waals surface area contributed by atoms with Crippen LogP contribution < -0.4 is 5.32 Å². The van der Waals surface area contributed by atoms with E-state index in [-0.39, 0.29) is 6.54 Å². The first-order chi connectivity index (χ1) is 12.9. The maximum Gasteiger partial charge on any atom is 0.239 e. The Kier molecular flexibility index (Phi) is 5.53. The van der Waals surface area contributed by atoms with E-state index < -0.39 is 22.0 Å². The number of fused-ring (bicyclic) bond motifs is 1. The van der Waals surface area contributed by atoms with Crippen molar-refractivity contribution in [3.05, 3.63) is 72.4 Å². The molecule has 7 heteroatoms. The summed E-state index contributed by atoms with van der Waals surface area (Å²) >= 11 is 0. The number of carbonyl (C=O) groups is 1. The molecule has 0 fully saturated rings. The fourth-order valence-corrected chi connectivity index (χ4v) is 4.02. The standard InChI is InChI=1S/C20H21N3O3S/c1-15(16-8-4-3-5-9-16)23(27(2,25)26)14-19(24)22-18-12-6-10-17-11-7-13-21-20(17)18/h3-13,15H,14H2,1-2H3,(H,22,24). The number of aromatic nitrogens is 1. The van der Waals surface area contributed by atoms with Gasteiger partial charge in [-0.2, -0.15) is 4.31 Å². The number of pyridine rings is 1. The predicted molar refractivity (Wildman–Crippen MR) is 107 cm³/mol. The van der Waals surface area contributed by atoms with Gasteiger partial charge in [0, 0.05) is 17.6 Å². The minimum absolute atomic E-state index is 0.280. The summed E-state index contributed by atoms with van der Waals surface area (Å²) in [6, 6.07) is 18.0. The Bertz CT molecular complexity index is 1050. The molecule has 0 bridgehead atoms. The van der Waals surface area contributed by atoms with E-state index in [1.54, 1.807) is 19.2 Å². The van der Waals surface area contributed by atoms with Gasteiger partial charge < -0.3 is 5.32 Å². The Morgan fingerprint density at radius 3 is 2.48 bits per heavy atom. The van der Waals surface area contributed by atoms with Gasteiger partial charge in [-0.25, -0.2) is 8.42 Å². The molecule has 1 atom stereocenters. The molecule has 0 saturated heterocycles. The van der Waals surface area contributed by atoms with Crippen LogP contribution in [0.25, 0.3) is 10.9 Å². The molecular weight excluding hydrogens is 362 g/mol. The number of nitrogens with one attached hydrogen (secondary N) is 1. The van der Waals surface area contributed by atoms with Gasteiger partial charge in [0.15, 0.2) is 0 Å². The van der Waals surface area contributed by atoms with Gasteiger partial charge in [-0.1, -0.05) is 48.5 Å². The van der Waals surface area contributed by atoms with Crippen LogP contribution in [0.15, 0.2) is 66.9 Å². The van der Waals surface area contributed by atoms with Crippen LogP contribution in [0, 0.1) is 0 Å². The van der Waals surface area contributed by atoms with Crippen LogP contribution in [-0.4, -0.2) is 36.4 Å². The summed E-state index contributed by atoms with van der Waals surface area (Å²) in [5.41, 5.74) is 2.04. The van der Waals surface area contributed by atoms with Crippen LogP contribution in [-0.2, 0) is 14.8 Å². The lowest BCUT2D eigenvalue weighted by Gasteiger charge is -2.26. The van der Waals surface area contributed by atoms with Crippen molar-refractivity contribution in [1.29, 1.82) is 0 Å². The van der Waals surface area contributed by atoms with Crippen LogP contribution >= 0.6 is 0 Å². The number of hydrogen-bond donors (Lipinski definition) is 1. The molecule has 27 heavy (non-hydrogen) atoms. The average molecular weight is 383 g/mol. The highest BCUT2D eigenvalue weighted by atomic mass is 32.2. The van der Waals surface area contributed by atoms with Gasteiger partial charge in [0.25, 0.3) is 0 Å². The highest BCUT2D eigenvalue weighted by molar-refractivity contribution is 7.88. The van der Waals surface area contributed by atoms with Crippen LogP contribution in [0.5, 0.6) is 0 Å². The SMILES string of the molecule is CC(c1ccccc1)N(CC(=O)Nc1cccc2cccnc12)S(C)(=O)=O. The lowest BCUT2D eigenvalue weighted by Crippen LogP contribution is -2.39. The molecule has 1 heterocycles. The number of para-hydroxylation sites is 1. The van der Waals surface area contributed by atoms with E-state index in [0.29, 0.717) is 11.2 Å². The van der Waals surface area contributed by atoms with Gasteiger partial charge in [-0.3, -0.25) is 9.78 Å². The molecule has 1 N–H and O–H groups in total. The van der Waals surface area contributed by atoms with Gasteiger partial charge >= 0.3 is 0 Å². The van der Waals surface area contributed by atoms with Crippen molar-refractivity contribution in [2.45, 2.75) is 13.0 Å². The van der Waals surface area contributed by atoms with Gasteiger partial charge in [-0.15, -0.1) is 0 Å². The molecule has 0 aliphatic carbocycles. The number of rotatable bonds is 6. The second-order valence-electron chi connectivity index (χ2n) is 6.32. The molecule has 1 unspecified atom stereocenters. The molecule has 140 valence electrons. The third-order valence-electron chi connectivity index (χ3n) is 4.35. The fourth-order valence-electron chi connectivity index (χ4n) is 2.98. The van der Waals surface area contributed by atoms with E-state index in [9.17, 15) is 13.2 Å². The zero-order chi connectivity index (χ0) is 19.4. The molecule has 0 saturated carbocycles. The summed E-state index contributed by atoms with van der Waals surface area (Å²) in [5, 5.41) is 3.68. The first-order valence-corrected chi connectivity index (χ1v) is 10.4. The largest absolute Gasteiger partial charge is 0.323 e. The molecule has 0 spiro atoms. The van der Waals surface area contributed by atoms with Gasteiger partial charge in [0.05, 0.1) is 24.0 Å². The smallest absolute Gasteiger partial charge is 0.239 e. The summed E-state index contributed by atoms with van der Waals surface area (Å²) in [4.78, 5) is 16.9. The van der Waals surface area contributed by atoms with Gasteiger partial charge in [0.1, 0.15) is 0 Å². The van der Waals surface area contributed by atoms with E-state index >= 15 is 0 Å². The second kappa shape index (κ2) is 7.85. The third kappa shape index (κ3) is 4.50. The Morgan fingerprint density at radius 2 is 1.78 bits per heavy atom. The minimum Gasteiger partial charge on any atom is -0.323 e. The maximum absolute atomic E-state index is 12.6. The van der Waals surface area contributed by atoms with Crippen LogP contribution in [0.3, 0.4) is 0 Å². The van der Waals surface area contributed by atoms with E-state index in [2.05, 4.69) is 10.3 Å².